The molecule has 0 saturated carbocycles. The van der Waals surface area contributed by atoms with Crippen LogP contribution < -0.4 is 0 Å². The highest BCUT2D eigenvalue weighted by atomic mass is 16.5. The molecule has 0 aliphatic rings. The Bertz CT molecular complexity index is 170. The zero-order valence-corrected chi connectivity index (χ0v) is 9.61. The van der Waals surface area contributed by atoms with Crippen molar-refractivity contribution in [1.29, 1.82) is 0 Å². The molecule has 0 rings (SSSR count). The lowest BCUT2D eigenvalue weighted by Crippen LogP contribution is -2.21. The van der Waals surface area contributed by atoms with E-state index >= 15 is 0 Å². The third-order valence-corrected chi connectivity index (χ3v) is 2.18. The van der Waals surface area contributed by atoms with Crippen LogP contribution >= 0.6 is 0 Å². The smallest absolute Gasteiger partial charge is 0.308 e. The molecular weight excluding hydrogens is 196 g/mol. The Hall–Kier alpha value is -0.610. The summed E-state index contributed by atoms with van der Waals surface area (Å²) in [7, 11) is 0. The summed E-state index contributed by atoms with van der Waals surface area (Å²) in [5.41, 5.74) is 0. The van der Waals surface area contributed by atoms with E-state index in [0.717, 1.165) is 12.8 Å². The molecule has 15 heavy (non-hydrogen) atoms. The Labute approximate surface area is 91.3 Å². The molecule has 0 aromatic heterocycles. The largest absolute Gasteiger partial charge is 0.466 e. The number of carbonyl (C=O) groups excluding carboxylic acids is 1. The van der Waals surface area contributed by atoms with Crippen LogP contribution in [-0.4, -0.2) is 35.0 Å². The molecular formula is C11H22O4. The molecule has 4 heteroatoms. The molecule has 90 valence electrons. The predicted molar refractivity (Wildman–Crippen MR) is 57.4 cm³/mol. The van der Waals surface area contributed by atoms with Crippen LogP contribution in [0.5, 0.6) is 0 Å². The van der Waals surface area contributed by atoms with Crippen molar-refractivity contribution in [3.63, 3.8) is 0 Å². The van der Waals surface area contributed by atoms with Crippen molar-refractivity contribution in [1.82, 2.24) is 0 Å². The van der Waals surface area contributed by atoms with Crippen molar-refractivity contribution < 1.29 is 19.7 Å². The summed E-state index contributed by atoms with van der Waals surface area (Å²) in [4.78, 5) is 11.1. The van der Waals surface area contributed by atoms with Crippen molar-refractivity contribution in [2.45, 2.75) is 58.2 Å². The van der Waals surface area contributed by atoms with Gasteiger partial charge in [0.25, 0.3) is 0 Å². The number of aliphatic hydroxyl groups excluding tert-OH is 2. The maximum Gasteiger partial charge on any atom is 0.308 e. The first-order valence-electron chi connectivity index (χ1n) is 5.61. The third-order valence-electron chi connectivity index (χ3n) is 2.18. The van der Waals surface area contributed by atoms with Gasteiger partial charge in [-0.15, -0.1) is 0 Å². The minimum Gasteiger partial charge on any atom is -0.466 e. The first kappa shape index (κ1) is 14.4. The maximum atomic E-state index is 11.1. The maximum absolute atomic E-state index is 11.1. The lowest BCUT2D eigenvalue weighted by molar-refractivity contribution is -0.146. The van der Waals surface area contributed by atoms with Crippen LogP contribution in [0.3, 0.4) is 0 Å². The minimum atomic E-state index is -0.797. The highest BCUT2D eigenvalue weighted by molar-refractivity contribution is 5.69. The Balaban J connectivity index is 3.57. The van der Waals surface area contributed by atoms with E-state index in [4.69, 9.17) is 4.74 Å². The summed E-state index contributed by atoms with van der Waals surface area (Å²) in [6, 6.07) is 0. The minimum absolute atomic E-state index is 0.0270. The molecule has 2 N–H and O–H groups in total. The summed E-state index contributed by atoms with van der Waals surface area (Å²) in [6.45, 7) is 4.26. The molecule has 0 aromatic rings. The fraction of sp³-hybridized carbons (Fsp3) is 0.909. The summed E-state index contributed by atoms with van der Waals surface area (Å²) in [6.07, 6.45) is 1.28. The predicted octanol–water partition coefficient (Wildman–Crippen LogP) is 1.24. The first-order chi connectivity index (χ1) is 7.10. The van der Waals surface area contributed by atoms with Gasteiger partial charge in [0.2, 0.25) is 0 Å². The van der Waals surface area contributed by atoms with Gasteiger partial charge in [-0.25, -0.2) is 0 Å². The zero-order chi connectivity index (χ0) is 11.7. The lowest BCUT2D eigenvalue weighted by Gasteiger charge is -2.13. The lowest BCUT2D eigenvalue weighted by atomic mass is 10.1. The van der Waals surface area contributed by atoms with Gasteiger partial charge in [0.15, 0.2) is 0 Å². The Morgan fingerprint density at radius 2 is 1.93 bits per heavy atom. The Morgan fingerprint density at radius 1 is 1.27 bits per heavy atom. The van der Waals surface area contributed by atoms with E-state index in [1.54, 1.807) is 0 Å². The van der Waals surface area contributed by atoms with Crippen LogP contribution in [0.4, 0.5) is 0 Å². The second-order valence-corrected chi connectivity index (χ2v) is 3.73. The molecule has 0 aliphatic carbocycles. The number of rotatable bonds is 8. The van der Waals surface area contributed by atoms with Crippen LogP contribution in [-0.2, 0) is 9.53 Å². The van der Waals surface area contributed by atoms with Gasteiger partial charge in [-0.3, -0.25) is 4.79 Å². The van der Waals surface area contributed by atoms with Crippen LogP contribution in [0.25, 0.3) is 0 Å². The zero-order valence-electron chi connectivity index (χ0n) is 9.61. The molecule has 0 aromatic carbocycles. The molecule has 2 atom stereocenters. The van der Waals surface area contributed by atoms with E-state index in [-0.39, 0.29) is 18.8 Å². The van der Waals surface area contributed by atoms with E-state index < -0.39 is 12.2 Å². The second-order valence-electron chi connectivity index (χ2n) is 3.73. The Kier molecular flexibility index (Phi) is 8.33. The van der Waals surface area contributed by atoms with Gasteiger partial charge < -0.3 is 14.9 Å². The highest BCUT2D eigenvalue weighted by Gasteiger charge is 2.15. The fourth-order valence-electron chi connectivity index (χ4n) is 1.15. The van der Waals surface area contributed by atoms with Gasteiger partial charge in [0.1, 0.15) is 0 Å². The summed E-state index contributed by atoms with van der Waals surface area (Å²) in [5, 5.41) is 18.7. The van der Waals surface area contributed by atoms with Crippen LogP contribution in [0.1, 0.15) is 46.0 Å². The van der Waals surface area contributed by atoms with Gasteiger partial charge in [-0.1, -0.05) is 20.3 Å². The Morgan fingerprint density at radius 3 is 2.47 bits per heavy atom. The summed E-state index contributed by atoms with van der Waals surface area (Å²) < 4.78 is 4.89. The SMILES string of the molecule is CCCCOC(=O)C[C@H](O)C[C@@H](O)CC. The van der Waals surface area contributed by atoms with E-state index in [0.29, 0.717) is 13.0 Å². The van der Waals surface area contributed by atoms with Crippen LogP contribution in [0.15, 0.2) is 0 Å². The number of hydrogen-bond donors (Lipinski definition) is 2. The molecule has 0 heterocycles. The number of aliphatic hydroxyl groups is 2. The fourth-order valence-corrected chi connectivity index (χ4v) is 1.15. The van der Waals surface area contributed by atoms with E-state index in [9.17, 15) is 15.0 Å². The quantitative estimate of drug-likeness (QED) is 0.475. The molecule has 0 radical (unpaired) electrons. The standard InChI is InChI=1S/C11H22O4/c1-3-5-6-15-11(14)8-10(13)7-9(12)4-2/h9-10,12-13H,3-8H2,1-2H3/t9-,10+/m0/s1. The van der Waals surface area contributed by atoms with Crippen molar-refractivity contribution >= 4 is 5.97 Å². The molecule has 0 spiro atoms. The highest BCUT2D eigenvalue weighted by Crippen LogP contribution is 2.06. The monoisotopic (exact) mass is 218 g/mol. The molecule has 4 nitrogen and oxygen atoms in total. The van der Waals surface area contributed by atoms with Gasteiger partial charge in [0, 0.05) is 0 Å². The molecule has 0 bridgehead atoms. The third kappa shape index (κ3) is 8.39. The topological polar surface area (TPSA) is 66.8 Å². The molecule has 0 unspecified atom stereocenters. The summed E-state index contributed by atoms with van der Waals surface area (Å²) >= 11 is 0. The number of hydrogen-bond acceptors (Lipinski definition) is 4. The normalized spacial score (nSPS) is 14.7. The average Bonchev–Trinajstić information content (AvgIpc) is 2.17. The molecule has 0 amide bonds. The number of unbranched alkanes of at least 4 members (excludes halogenated alkanes) is 1. The number of carbonyl (C=O) groups is 1. The van der Waals surface area contributed by atoms with Gasteiger partial charge in [0.05, 0.1) is 25.2 Å². The number of esters is 1. The van der Waals surface area contributed by atoms with Gasteiger partial charge in [-0.2, -0.15) is 0 Å². The van der Waals surface area contributed by atoms with Gasteiger partial charge >= 0.3 is 5.97 Å². The average molecular weight is 218 g/mol. The number of ether oxygens (including phenoxy) is 1. The van der Waals surface area contributed by atoms with Crippen LogP contribution in [0, 0.1) is 0 Å². The van der Waals surface area contributed by atoms with E-state index in [1.165, 1.54) is 0 Å². The van der Waals surface area contributed by atoms with E-state index in [1.807, 2.05) is 13.8 Å². The van der Waals surface area contributed by atoms with Crippen molar-refractivity contribution in [3.05, 3.63) is 0 Å². The van der Waals surface area contributed by atoms with Crippen LogP contribution in [0.2, 0.25) is 0 Å². The first-order valence-corrected chi connectivity index (χ1v) is 5.61. The van der Waals surface area contributed by atoms with E-state index in [2.05, 4.69) is 0 Å². The second kappa shape index (κ2) is 8.68. The van der Waals surface area contributed by atoms with Crippen molar-refractivity contribution in [3.8, 4) is 0 Å². The summed E-state index contributed by atoms with van der Waals surface area (Å²) in [5.74, 6) is -0.390. The van der Waals surface area contributed by atoms with Gasteiger partial charge in [-0.05, 0) is 19.3 Å². The molecule has 0 fully saturated rings. The van der Waals surface area contributed by atoms with Crippen molar-refractivity contribution in [2.75, 3.05) is 6.61 Å². The molecule has 0 aliphatic heterocycles. The van der Waals surface area contributed by atoms with Crippen molar-refractivity contribution in [2.24, 2.45) is 0 Å². The molecule has 0 saturated heterocycles.